The van der Waals surface area contributed by atoms with Gasteiger partial charge in [0.2, 0.25) is 0 Å². The Morgan fingerprint density at radius 1 is 0.971 bits per heavy atom. The predicted octanol–water partition coefficient (Wildman–Crippen LogP) is 5.61. The molecule has 2 aromatic carbocycles. The first-order chi connectivity index (χ1) is 16.6. The number of benzene rings is 2. The first-order valence-electron chi connectivity index (χ1n) is 12.1. The van der Waals surface area contributed by atoms with E-state index in [-0.39, 0.29) is 0 Å². The number of fused-ring (bicyclic) bond motifs is 4. The highest BCUT2D eigenvalue weighted by atomic mass is 35.5. The fourth-order valence-corrected chi connectivity index (χ4v) is 5.31. The van der Waals surface area contributed by atoms with Gasteiger partial charge in [0.05, 0.1) is 0 Å². The molecule has 1 N–H and O–H groups in total. The lowest BCUT2D eigenvalue weighted by Gasteiger charge is -2.25. The van der Waals surface area contributed by atoms with Gasteiger partial charge < -0.3 is 4.98 Å². The maximum absolute atomic E-state index is 6.33. The Hall–Kier alpha value is -3.17. The Balaban J connectivity index is 0.000000429. The molecule has 34 heavy (non-hydrogen) atoms. The highest BCUT2D eigenvalue weighted by Gasteiger charge is 2.21. The van der Waals surface area contributed by atoms with Crippen molar-refractivity contribution in [3.05, 3.63) is 116 Å². The fraction of sp³-hybridized carbons (Fsp3) is 0.267. The van der Waals surface area contributed by atoms with Gasteiger partial charge in [-0.1, -0.05) is 48.9 Å². The second kappa shape index (κ2) is 9.99. The topological polar surface area (TPSA) is 41.6 Å². The molecule has 0 aliphatic heterocycles. The van der Waals surface area contributed by atoms with Gasteiger partial charge in [-0.2, -0.15) is 0 Å². The molecule has 0 radical (unpaired) electrons. The summed E-state index contributed by atoms with van der Waals surface area (Å²) < 4.78 is 0. The van der Waals surface area contributed by atoms with Crippen molar-refractivity contribution >= 4 is 23.8 Å². The molecule has 2 unspecified atom stereocenters. The summed E-state index contributed by atoms with van der Waals surface area (Å²) >= 11 is 6.33. The van der Waals surface area contributed by atoms with Crippen LogP contribution in [0, 0.1) is 23.3 Å². The number of aryl methyl sites for hydroxylation is 2. The zero-order chi connectivity index (χ0) is 23.5. The van der Waals surface area contributed by atoms with Gasteiger partial charge in [0, 0.05) is 35.7 Å². The van der Waals surface area contributed by atoms with Crippen LogP contribution in [0.2, 0.25) is 5.02 Å². The van der Waals surface area contributed by atoms with Gasteiger partial charge >= 0.3 is 0 Å². The molecule has 0 bridgehead atoms. The minimum atomic E-state index is 0.383. The minimum Gasteiger partial charge on any atom is -0.368 e. The number of hydrogen-bond acceptors (Lipinski definition) is 2. The van der Waals surface area contributed by atoms with E-state index < -0.39 is 0 Å². The van der Waals surface area contributed by atoms with Gasteiger partial charge in [-0.15, -0.1) is 0 Å². The summed E-state index contributed by atoms with van der Waals surface area (Å²) in [5, 5.41) is 6.17. The number of halogens is 1. The summed E-state index contributed by atoms with van der Waals surface area (Å²) in [6, 6.07) is 14.8. The average Bonchev–Trinajstić information content (AvgIpc) is 3.43. The molecular formula is C30H30ClN3. The van der Waals surface area contributed by atoms with Crippen molar-refractivity contribution in [3.8, 4) is 0 Å². The molecule has 2 aliphatic carbocycles. The Morgan fingerprint density at radius 2 is 1.74 bits per heavy atom. The highest BCUT2D eigenvalue weighted by Crippen LogP contribution is 2.31. The molecule has 3 nitrogen and oxygen atoms in total. The molecule has 0 saturated carbocycles. The van der Waals surface area contributed by atoms with Gasteiger partial charge in [-0.05, 0) is 100 Å². The third kappa shape index (κ3) is 4.85. The number of nitrogens with one attached hydrogen (secondary N) is 1. The quantitative estimate of drug-likeness (QED) is 0.425. The van der Waals surface area contributed by atoms with Gasteiger partial charge in [0.15, 0.2) is 0 Å². The Kier molecular flexibility index (Phi) is 6.64. The second-order valence-electron chi connectivity index (χ2n) is 9.34. The lowest BCUT2D eigenvalue weighted by Crippen LogP contribution is -2.24. The Labute approximate surface area is 205 Å². The maximum Gasteiger partial charge on any atom is 0.125 e. The molecule has 0 fully saturated rings. The van der Waals surface area contributed by atoms with Crippen molar-refractivity contribution in [2.24, 2.45) is 5.92 Å². The first-order valence-corrected chi connectivity index (χ1v) is 12.5. The van der Waals surface area contributed by atoms with Crippen LogP contribution in [0.25, 0.3) is 12.2 Å². The monoisotopic (exact) mass is 467 g/mol. The van der Waals surface area contributed by atoms with Crippen molar-refractivity contribution in [1.82, 2.24) is 15.0 Å². The van der Waals surface area contributed by atoms with Crippen LogP contribution in [0.3, 0.4) is 0 Å². The van der Waals surface area contributed by atoms with Crippen LogP contribution in [-0.4, -0.2) is 15.0 Å². The first kappa shape index (κ1) is 22.6. The summed E-state index contributed by atoms with van der Waals surface area (Å²) in [7, 11) is 0. The third-order valence-corrected chi connectivity index (χ3v) is 7.07. The highest BCUT2D eigenvalue weighted by molar-refractivity contribution is 6.30. The van der Waals surface area contributed by atoms with Crippen LogP contribution in [0.4, 0.5) is 0 Å². The minimum absolute atomic E-state index is 0.383. The van der Waals surface area contributed by atoms with E-state index >= 15 is 0 Å². The number of rotatable bonds is 3. The van der Waals surface area contributed by atoms with Gasteiger partial charge in [0.25, 0.3) is 0 Å². The Bertz CT molecular complexity index is 1470. The van der Waals surface area contributed by atoms with Crippen LogP contribution >= 0.6 is 11.6 Å². The third-order valence-electron chi connectivity index (χ3n) is 6.84. The zero-order valence-electron chi connectivity index (χ0n) is 19.8. The van der Waals surface area contributed by atoms with Gasteiger partial charge in [0.1, 0.15) is 5.82 Å². The molecule has 2 atom stereocenters. The van der Waals surface area contributed by atoms with E-state index in [1.165, 1.54) is 38.4 Å². The molecule has 6 rings (SSSR count). The molecule has 2 aromatic heterocycles. The van der Waals surface area contributed by atoms with Crippen LogP contribution in [0.15, 0.2) is 67.3 Å². The molecule has 0 spiro atoms. The van der Waals surface area contributed by atoms with Crippen molar-refractivity contribution < 1.29 is 0 Å². The van der Waals surface area contributed by atoms with E-state index in [9.17, 15) is 0 Å². The van der Waals surface area contributed by atoms with Crippen molar-refractivity contribution in [1.29, 1.82) is 0 Å². The van der Waals surface area contributed by atoms with Crippen LogP contribution in [-0.2, 0) is 12.8 Å². The average molecular weight is 468 g/mol. The molecule has 0 amide bonds. The maximum atomic E-state index is 6.33. The van der Waals surface area contributed by atoms with Crippen molar-refractivity contribution in [2.75, 3.05) is 0 Å². The largest absolute Gasteiger partial charge is 0.368 e. The van der Waals surface area contributed by atoms with E-state index in [1.807, 2.05) is 49.9 Å². The van der Waals surface area contributed by atoms with Gasteiger partial charge in [-0.3, -0.25) is 0 Å². The van der Waals surface area contributed by atoms with Crippen LogP contribution in [0.1, 0.15) is 48.2 Å². The van der Waals surface area contributed by atoms with Crippen molar-refractivity contribution in [3.63, 3.8) is 0 Å². The van der Waals surface area contributed by atoms with E-state index in [1.54, 1.807) is 5.56 Å². The standard InChI is InChI=1S/C26H25ClN2.C4H5N/c1-16-3-8-24-19(11-16)6-9-25-23-10-7-22(27)13-21(23)12-20(26(24)25)5-4-18-14-28-17(2)29-15-18;1-2-4-5-3-1/h6-7,9-16,20H,3-5,8H2,1-2H3;1-5H. The SMILES string of the molecule is Cc1ncc(CCC2C=c3cc(Cl)ccc3=c3ccc4c(c32)CCC(C)C=4)cn1.c1cc[nH]c1. The number of nitrogens with zero attached hydrogens (tertiary/aromatic N) is 2. The summed E-state index contributed by atoms with van der Waals surface area (Å²) in [4.78, 5) is 11.6. The summed E-state index contributed by atoms with van der Waals surface area (Å²) in [5.74, 6) is 1.86. The smallest absolute Gasteiger partial charge is 0.125 e. The van der Waals surface area contributed by atoms with E-state index in [2.05, 4.69) is 58.3 Å². The predicted molar refractivity (Wildman–Crippen MR) is 140 cm³/mol. The van der Waals surface area contributed by atoms with E-state index in [0.717, 1.165) is 30.1 Å². The van der Waals surface area contributed by atoms with Crippen LogP contribution in [0.5, 0.6) is 0 Å². The number of H-pyrrole nitrogens is 1. The normalized spacial score (nSPS) is 17.7. The van der Waals surface area contributed by atoms with Gasteiger partial charge in [-0.25, -0.2) is 9.97 Å². The fourth-order valence-electron chi connectivity index (χ4n) is 5.13. The zero-order valence-corrected chi connectivity index (χ0v) is 20.5. The molecule has 4 heteroatoms. The number of aromatic amines is 1. The summed E-state index contributed by atoms with van der Waals surface area (Å²) in [6.45, 7) is 4.25. The molecule has 0 saturated heterocycles. The molecule has 4 aromatic rings. The molecule has 2 heterocycles. The lowest BCUT2D eigenvalue weighted by molar-refractivity contribution is 0.646. The lowest BCUT2D eigenvalue weighted by atomic mass is 9.79. The van der Waals surface area contributed by atoms with E-state index in [0.29, 0.717) is 11.8 Å². The summed E-state index contributed by atoms with van der Waals surface area (Å²) in [5.41, 5.74) is 4.27. The number of hydrogen-bond donors (Lipinski definition) is 1. The molecular weight excluding hydrogens is 438 g/mol. The van der Waals surface area contributed by atoms with Crippen LogP contribution < -0.4 is 10.4 Å². The number of aromatic nitrogens is 3. The molecule has 2 aliphatic rings. The van der Waals surface area contributed by atoms with E-state index in [4.69, 9.17) is 11.6 Å². The summed E-state index contributed by atoms with van der Waals surface area (Å²) in [6.07, 6.45) is 17.0. The second-order valence-corrected chi connectivity index (χ2v) is 9.78. The molecule has 172 valence electrons. The van der Waals surface area contributed by atoms with Crippen molar-refractivity contribution in [2.45, 2.75) is 45.4 Å². The Morgan fingerprint density at radius 3 is 2.47 bits per heavy atom.